The van der Waals surface area contributed by atoms with Crippen LogP contribution in [0.1, 0.15) is 43.7 Å². The SMILES string of the molecule is CCCC(NC(=O)OCC1c2ccccc2-c2ccccc21)C(=O)NCC(C)C(=O)O. The molecule has 0 fully saturated rings. The summed E-state index contributed by atoms with van der Waals surface area (Å²) in [6.07, 6.45) is 0.440. The van der Waals surface area contributed by atoms with Gasteiger partial charge in [-0.3, -0.25) is 9.59 Å². The number of amides is 2. The van der Waals surface area contributed by atoms with E-state index in [-0.39, 0.29) is 19.1 Å². The minimum absolute atomic E-state index is 0.000745. The fourth-order valence-electron chi connectivity index (χ4n) is 3.80. The molecule has 0 spiro atoms. The molecule has 1 aliphatic rings. The molecular weight excluding hydrogens is 396 g/mol. The summed E-state index contributed by atoms with van der Waals surface area (Å²) in [6.45, 7) is 3.58. The van der Waals surface area contributed by atoms with Crippen molar-refractivity contribution in [3.8, 4) is 11.1 Å². The van der Waals surface area contributed by atoms with Gasteiger partial charge in [-0.2, -0.15) is 0 Å². The van der Waals surface area contributed by atoms with Gasteiger partial charge in [0.05, 0.1) is 5.92 Å². The van der Waals surface area contributed by atoms with Crippen molar-refractivity contribution in [1.29, 1.82) is 0 Å². The minimum atomic E-state index is -0.989. The highest BCUT2D eigenvalue weighted by Crippen LogP contribution is 2.44. The maximum atomic E-state index is 12.5. The van der Waals surface area contributed by atoms with Gasteiger partial charge in [0.15, 0.2) is 0 Å². The number of alkyl carbamates (subject to hydrolysis) is 1. The number of carboxylic acid groups (broad SMARTS) is 1. The van der Waals surface area contributed by atoms with Crippen molar-refractivity contribution < 1.29 is 24.2 Å². The number of benzene rings is 2. The Morgan fingerprint density at radius 2 is 1.61 bits per heavy atom. The van der Waals surface area contributed by atoms with E-state index in [4.69, 9.17) is 9.84 Å². The molecule has 7 nitrogen and oxygen atoms in total. The molecule has 7 heteroatoms. The highest BCUT2D eigenvalue weighted by molar-refractivity contribution is 5.86. The van der Waals surface area contributed by atoms with Crippen molar-refractivity contribution in [3.05, 3.63) is 59.7 Å². The second-order valence-electron chi connectivity index (χ2n) is 7.80. The summed E-state index contributed by atoms with van der Waals surface area (Å²) in [7, 11) is 0. The lowest BCUT2D eigenvalue weighted by Gasteiger charge is -2.20. The van der Waals surface area contributed by atoms with Crippen LogP contribution in [0.5, 0.6) is 0 Å². The molecule has 3 rings (SSSR count). The van der Waals surface area contributed by atoms with Crippen molar-refractivity contribution in [2.75, 3.05) is 13.2 Å². The first-order chi connectivity index (χ1) is 14.9. The van der Waals surface area contributed by atoms with E-state index in [2.05, 4.69) is 22.8 Å². The molecule has 2 unspecified atom stereocenters. The number of aliphatic carboxylic acids is 1. The molecule has 0 heterocycles. The zero-order valence-electron chi connectivity index (χ0n) is 17.8. The maximum Gasteiger partial charge on any atom is 0.407 e. The van der Waals surface area contributed by atoms with Crippen LogP contribution in [0.4, 0.5) is 4.79 Å². The second kappa shape index (κ2) is 10.1. The largest absolute Gasteiger partial charge is 0.481 e. The number of carbonyl (C=O) groups is 3. The van der Waals surface area contributed by atoms with Gasteiger partial charge >= 0.3 is 12.1 Å². The van der Waals surface area contributed by atoms with E-state index >= 15 is 0 Å². The van der Waals surface area contributed by atoms with Crippen LogP contribution in [0.2, 0.25) is 0 Å². The molecule has 2 aromatic rings. The summed E-state index contributed by atoms with van der Waals surface area (Å²) < 4.78 is 5.51. The van der Waals surface area contributed by atoms with E-state index in [1.54, 1.807) is 0 Å². The predicted octanol–water partition coefficient (Wildman–Crippen LogP) is 3.53. The number of ether oxygens (including phenoxy) is 1. The molecule has 0 saturated heterocycles. The second-order valence-corrected chi connectivity index (χ2v) is 7.80. The number of rotatable bonds is 9. The molecule has 2 aromatic carbocycles. The summed E-state index contributed by atoms with van der Waals surface area (Å²) in [5.41, 5.74) is 4.51. The maximum absolute atomic E-state index is 12.5. The van der Waals surface area contributed by atoms with Crippen LogP contribution in [0, 0.1) is 5.92 Å². The summed E-state index contributed by atoms with van der Waals surface area (Å²) in [6, 6.07) is 15.4. The van der Waals surface area contributed by atoms with Crippen LogP contribution in [0.15, 0.2) is 48.5 Å². The van der Waals surface area contributed by atoms with E-state index in [1.165, 1.54) is 6.92 Å². The molecule has 1 aliphatic carbocycles. The predicted molar refractivity (Wildman–Crippen MR) is 117 cm³/mol. The van der Waals surface area contributed by atoms with Gasteiger partial charge in [-0.05, 0) is 28.7 Å². The molecular formula is C24H28N2O5. The zero-order chi connectivity index (χ0) is 22.4. The first-order valence-corrected chi connectivity index (χ1v) is 10.5. The Morgan fingerprint density at radius 3 is 2.16 bits per heavy atom. The lowest BCUT2D eigenvalue weighted by atomic mass is 9.98. The highest BCUT2D eigenvalue weighted by Gasteiger charge is 2.29. The van der Waals surface area contributed by atoms with Gasteiger partial charge in [-0.1, -0.05) is 68.8 Å². The summed E-state index contributed by atoms with van der Waals surface area (Å²) in [5.74, 6) is -2.17. The Morgan fingerprint density at radius 1 is 1.03 bits per heavy atom. The Bertz CT molecular complexity index is 913. The first-order valence-electron chi connectivity index (χ1n) is 10.5. The number of hydrogen-bond donors (Lipinski definition) is 3. The smallest absolute Gasteiger partial charge is 0.407 e. The van der Waals surface area contributed by atoms with Gasteiger partial charge in [-0.25, -0.2) is 4.79 Å². The first kappa shape index (κ1) is 22.3. The van der Waals surface area contributed by atoms with Crippen LogP contribution in [0.3, 0.4) is 0 Å². The Hall–Kier alpha value is -3.35. The molecule has 0 saturated carbocycles. The third-order valence-electron chi connectivity index (χ3n) is 5.53. The van der Waals surface area contributed by atoms with Crippen molar-refractivity contribution in [2.24, 2.45) is 5.92 Å². The van der Waals surface area contributed by atoms with Crippen LogP contribution >= 0.6 is 0 Å². The van der Waals surface area contributed by atoms with Gasteiger partial charge in [-0.15, -0.1) is 0 Å². The Labute approximate surface area is 181 Å². The van der Waals surface area contributed by atoms with E-state index in [0.29, 0.717) is 12.8 Å². The molecule has 2 atom stereocenters. The average Bonchev–Trinajstić information content (AvgIpc) is 3.09. The standard InChI is InChI=1S/C24H28N2O5/c1-3-8-21(22(27)25-13-15(2)23(28)29)26-24(30)31-14-20-18-11-6-4-9-16(18)17-10-5-7-12-19(17)20/h4-7,9-12,15,20-21H,3,8,13-14H2,1-2H3,(H,25,27)(H,26,30)(H,28,29). The lowest BCUT2D eigenvalue weighted by Crippen LogP contribution is -2.48. The van der Waals surface area contributed by atoms with Gasteiger partial charge in [0.2, 0.25) is 5.91 Å². The zero-order valence-corrected chi connectivity index (χ0v) is 17.8. The quantitative estimate of drug-likeness (QED) is 0.571. The number of fused-ring (bicyclic) bond motifs is 3. The van der Waals surface area contributed by atoms with E-state index in [9.17, 15) is 14.4 Å². The third-order valence-corrected chi connectivity index (χ3v) is 5.53. The number of hydrogen-bond acceptors (Lipinski definition) is 4. The van der Waals surface area contributed by atoms with Gasteiger partial charge < -0.3 is 20.5 Å². The van der Waals surface area contributed by atoms with E-state index in [1.807, 2.05) is 43.3 Å². The third kappa shape index (κ3) is 5.23. The molecule has 3 N–H and O–H groups in total. The molecule has 0 radical (unpaired) electrons. The molecule has 0 aromatic heterocycles. The molecule has 0 bridgehead atoms. The van der Waals surface area contributed by atoms with Crippen molar-refractivity contribution in [3.63, 3.8) is 0 Å². The van der Waals surface area contributed by atoms with Crippen molar-refractivity contribution >= 4 is 18.0 Å². The normalized spacial score (nSPS) is 14.1. The molecule has 164 valence electrons. The molecule has 2 amide bonds. The van der Waals surface area contributed by atoms with Crippen LogP contribution in [-0.4, -0.2) is 42.3 Å². The monoisotopic (exact) mass is 424 g/mol. The Balaban J connectivity index is 1.61. The molecule has 31 heavy (non-hydrogen) atoms. The number of carbonyl (C=O) groups excluding carboxylic acids is 2. The summed E-state index contributed by atoms with van der Waals surface area (Å²) in [4.78, 5) is 35.8. The van der Waals surface area contributed by atoms with Crippen LogP contribution in [-0.2, 0) is 14.3 Å². The number of carboxylic acids is 1. The summed E-state index contributed by atoms with van der Waals surface area (Å²) in [5, 5.41) is 14.2. The fraction of sp³-hybridized carbons (Fsp3) is 0.375. The van der Waals surface area contributed by atoms with E-state index < -0.39 is 29.9 Å². The highest BCUT2D eigenvalue weighted by atomic mass is 16.5. The van der Waals surface area contributed by atoms with Crippen LogP contribution < -0.4 is 10.6 Å². The van der Waals surface area contributed by atoms with Gasteiger partial charge in [0.25, 0.3) is 0 Å². The fourth-order valence-corrected chi connectivity index (χ4v) is 3.80. The van der Waals surface area contributed by atoms with Crippen LogP contribution in [0.25, 0.3) is 11.1 Å². The topological polar surface area (TPSA) is 105 Å². The summed E-state index contributed by atoms with van der Waals surface area (Å²) >= 11 is 0. The number of nitrogens with one attached hydrogen (secondary N) is 2. The minimum Gasteiger partial charge on any atom is -0.481 e. The molecule has 0 aliphatic heterocycles. The van der Waals surface area contributed by atoms with Crippen molar-refractivity contribution in [2.45, 2.75) is 38.6 Å². The van der Waals surface area contributed by atoms with Crippen molar-refractivity contribution in [1.82, 2.24) is 10.6 Å². The van der Waals surface area contributed by atoms with Gasteiger partial charge in [0, 0.05) is 12.5 Å². The van der Waals surface area contributed by atoms with Gasteiger partial charge in [0.1, 0.15) is 12.6 Å². The lowest BCUT2D eigenvalue weighted by molar-refractivity contribution is -0.141. The Kier molecular flexibility index (Phi) is 7.28. The average molecular weight is 424 g/mol. The van der Waals surface area contributed by atoms with E-state index in [0.717, 1.165) is 22.3 Å².